The smallest absolute Gasteiger partial charge is 0.405 e. The van der Waals surface area contributed by atoms with Gasteiger partial charge in [0, 0.05) is 13.6 Å². The van der Waals surface area contributed by atoms with E-state index in [2.05, 4.69) is 11.9 Å². The number of unbranched alkanes of at least 4 members (excludes halogenated alkanes) is 1. The second kappa shape index (κ2) is 7.03. The molecule has 0 heterocycles. The second-order valence-corrected chi connectivity index (χ2v) is 5.44. The molecule has 0 fully saturated rings. The lowest BCUT2D eigenvalue weighted by atomic mass is 9.86. The number of nitrogens with one attached hydrogen (secondary N) is 1. The zero-order valence-corrected chi connectivity index (χ0v) is 11.7. The summed E-state index contributed by atoms with van der Waals surface area (Å²) in [4.78, 5) is 24.5. The van der Waals surface area contributed by atoms with Gasteiger partial charge in [0.1, 0.15) is 6.04 Å². The third-order valence-corrected chi connectivity index (χ3v) is 2.66. The highest BCUT2D eigenvalue weighted by molar-refractivity contribution is 5.85. The standard InChI is InChI=1S/C13H24N2O3/c1-6-7-8-9-15(5)11(16)10(13(2,3)4)14-12(17)18/h6,10,14H,1,7-9H2,2-5H3,(H,17,18)/t10-/m1/s1. The van der Waals surface area contributed by atoms with Crippen molar-refractivity contribution < 1.29 is 14.7 Å². The fourth-order valence-corrected chi connectivity index (χ4v) is 1.58. The number of allylic oxidation sites excluding steroid dienone is 1. The van der Waals surface area contributed by atoms with Crippen molar-refractivity contribution >= 4 is 12.0 Å². The topological polar surface area (TPSA) is 69.6 Å². The molecule has 0 aliphatic heterocycles. The lowest BCUT2D eigenvalue weighted by Gasteiger charge is -2.32. The van der Waals surface area contributed by atoms with Crippen LogP contribution in [0.15, 0.2) is 12.7 Å². The van der Waals surface area contributed by atoms with Crippen molar-refractivity contribution in [2.45, 2.75) is 39.7 Å². The summed E-state index contributed by atoms with van der Waals surface area (Å²) in [7, 11) is 1.69. The molecule has 0 aromatic rings. The summed E-state index contributed by atoms with van der Waals surface area (Å²) in [5, 5.41) is 11.1. The average molecular weight is 256 g/mol. The maximum atomic E-state index is 12.2. The molecular weight excluding hydrogens is 232 g/mol. The van der Waals surface area contributed by atoms with Gasteiger partial charge < -0.3 is 15.3 Å². The Morgan fingerprint density at radius 3 is 2.39 bits per heavy atom. The number of nitrogens with zero attached hydrogens (tertiary/aromatic N) is 1. The third kappa shape index (κ3) is 5.70. The molecule has 0 aromatic heterocycles. The minimum Gasteiger partial charge on any atom is -0.465 e. The van der Waals surface area contributed by atoms with Crippen LogP contribution in [0.4, 0.5) is 4.79 Å². The van der Waals surface area contributed by atoms with Gasteiger partial charge in [-0.25, -0.2) is 4.79 Å². The fourth-order valence-electron chi connectivity index (χ4n) is 1.58. The van der Waals surface area contributed by atoms with E-state index in [1.807, 2.05) is 20.8 Å². The van der Waals surface area contributed by atoms with Gasteiger partial charge in [-0.05, 0) is 18.3 Å². The van der Waals surface area contributed by atoms with Crippen LogP contribution < -0.4 is 5.32 Å². The van der Waals surface area contributed by atoms with Gasteiger partial charge in [-0.15, -0.1) is 6.58 Å². The van der Waals surface area contributed by atoms with Gasteiger partial charge in [0.2, 0.25) is 5.91 Å². The maximum Gasteiger partial charge on any atom is 0.405 e. The molecule has 5 heteroatoms. The number of carboxylic acid groups (broad SMARTS) is 1. The third-order valence-electron chi connectivity index (χ3n) is 2.66. The summed E-state index contributed by atoms with van der Waals surface area (Å²) < 4.78 is 0. The molecule has 2 amide bonds. The Hall–Kier alpha value is -1.52. The first-order chi connectivity index (χ1) is 8.20. The molecule has 0 spiro atoms. The number of likely N-dealkylation sites (N-methyl/N-ethyl adjacent to an activating group) is 1. The fraction of sp³-hybridized carbons (Fsp3) is 0.692. The first-order valence-corrected chi connectivity index (χ1v) is 6.05. The van der Waals surface area contributed by atoms with E-state index in [9.17, 15) is 9.59 Å². The van der Waals surface area contributed by atoms with Crippen LogP contribution in [0.1, 0.15) is 33.6 Å². The van der Waals surface area contributed by atoms with Crippen molar-refractivity contribution in [1.82, 2.24) is 10.2 Å². The van der Waals surface area contributed by atoms with E-state index in [-0.39, 0.29) is 5.91 Å². The van der Waals surface area contributed by atoms with Crippen LogP contribution >= 0.6 is 0 Å². The Morgan fingerprint density at radius 1 is 1.44 bits per heavy atom. The Kier molecular flexibility index (Phi) is 6.44. The molecule has 18 heavy (non-hydrogen) atoms. The van der Waals surface area contributed by atoms with Crippen molar-refractivity contribution in [2.75, 3.05) is 13.6 Å². The van der Waals surface area contributed by atoms with Crippen LogP contribution in [0.2, 0.25) is 0 Å². The predicted octanol–water partition coefficient (Wildman–Crippen LogP) is 2.09. The first kappa shape index (κ1) is 16.5. The molecule has 0 bridgehead atoms. The van der Waals surface area contributed by atoms with Crippen LogP contribution in [0.5, 0.6) is 0 Å². The number of amides is 2. The minimum atomic E-state index is -1.18. The molecule has 2 N–H and O–H groups in total. The van der Waals surface area contributed by atoms with Gasteiger partial charge in [-0.3, -0.25) is 4.79 Å². The van der Waals surface area contributed by atoms with E-state index in [0.717, 1.165) is 12.8 Å². The molecule has 0 aliphatic carbocycles. The van der Waals surface area contributed by atoms with Crippen LogP contribution in [0.3, 0.4) is 0 Å². The van der Waals surface area contributed by atoms with E-state index in [1.54, 1.807) is 18.0 Å². The van der Waals surface area contributed by atoms with Crippen LogP contribution in [0.25, 0.3) is 0 Å². The molecule has 0 radical (unpaired) electrons. The van der Waals surface area contributed by atoms with Gasteiger partial charge in [0.05, 0.1) is 0 Å². The summed E-state index contributed by atoms with van der Waals surface area (Å²) >= 11 is 0. The Balaban J connectivity index is 4.64. The molecule has 5 nitrogen and oxygen atoms in total. The highest BCUT2D eigenvalue weighted by Gasteiger charge is 2.34. The number of rotatable bonds is 6. The largest absolute Gasteiger partial charge is 0.465 e. The van der Waals surface area contributed by atoms with Gasteiger partial charge >= 0.3 is 6.09 Å². The second-order valence-electron chi connectivity index (χ2n) is 5.44. The van der Waals surface area contributed by atoms with Gasteiger partial charge in [-0.2, -0.15) is 0 Å². The quantitative estimate of drug-likeness (QED) is 0.564. The zero-order chi connectivity index (χ0) is 14.3. The Morgan fingerprint density at radius 2 is 2.00 bits per heavy atom. The number of carbonyl (C=O) groups excluding carboxylic acids is 1. The number of hydrogen-bond acceptors (Lipinski definition) is 2. The normalized spacial score (nSPS) is 12.7. The van der Waals surface area contributed by atoms with Crippen molar-refractivity contribution in [1.29, 1.82) is 0 Å². The van der Waals surface area contributed by atoms with Crippen LogP contribution in [-0.2, 0) is 4.79 Å². The summed E-state index contributed by atoms with van der Waals surface area (Å²) in [5.41, 5.74) is -0.456. The number of carbonyl (C=O) groups is 2. The van der Waals surface area contributed by atoms with Crippen molar-refractivity contribution in [3.63, 3.8) is 0 Å². The molecule has 0 aliphatic rings. The SMILES string of the molecule is C=CCCCN(C)C(=O)[C@@H](NC(=O)O)C(C)(C)C. The average Bonchev–Trinajstić information content (AvgIpc) is 2.23. The summed E-state index contributed by atoms with van der Waals surface area (Å²) in [5.74, 6) is -0.200. The lowest BCUT2D eigenvalue weighted by Crippen LogP contribution is -2.53. The van der Waals surface area contributed by atoms with Crippen molar-refractivity contribution in [3.8, 4) is 0 Å². The minimum absolute atomic E-state index is 0.200. The van der Waals surface area contributed by atoms with Gasteiger partial charge in [0.15, 0.2) is 0 Å². The molecule has 0 aromatic carbocycles. The Labute approximate surface area is 109 Å². The van der Waals surface area contributed by atoms with E-state index < -0.39 is 17.6 Å². The highest BCUT2D eigenvalue weighted by atomic mass is 16.4. The van der Waals surface area contributed by atoms with E-state index in [0.29, 0.717) is 6.54 Å². The first-order valence-electron chi connectivity index (χ1n) is 6.05. The summed E-state index contributed by atoms with van der Waals surface area (Å²) in [6, 6.07) is -0.733. The van der Waals surface area contributed by atoms with Gasteiger partial charge in [-0.1, -0.05) is 26.8 Å². The van der Waals surface area contributed by atoms with Crippen LogP contribution in [-0.4, -0.2) is 41.6 Å². The van der Waals surface area contributed by atoms with Crippen molar-refractivity contribution in [2.24, 2.45) is 5.41 Å². The lowest BCUT2D eigenvalue weighted by molar-refractivity contribution is -0.134. The van der Waals surface area contributed by atoms with E-state index >= 15 is 0 Å². The molecule has 0 rings (SSSR count). The monoisotopic (exact) mass is 256 g/mol. The molecule has 0 unspecified atom stereocenters. The Bertz CT molecular complexity index is 308. The molecule has 0 saturated carbocycles. The predicted molar refractivity (Wildman–Crippen MR) is 71.5 cm³/mol. The maximum absolute atomic E-state index is 12.2. The number of hydrogen-bond donors (Lipinski definition) is 2. The van der Waals surface area contributed by atoms with Crippen molar-refractivity contribution in [3.05, 3.63) is 12.7 Å². The van der Waals surface area contributed by atoms with Gasteiger partial charge in [0.25, 0.3) is 0 Å². The zero-order valence-electron chi connectivity index (χ0n) is 11.7. The van der Waals surface area contributed by atoms with E-state index in [4.69, 9.17) is 5.11 Å². The molecule has 104 valence electrons. The molecule has 1 atom stereocenters. The van der Waals surface area contributed by atoms with Crippen LogP contribution in [0, 0.1) is 5.41 Å². The highest BCUT2D eigenvalue weighted by Crippen LogP contribution is 2.21. The molecule has 0 saturated heterocycles. The van der Waals surface area contributed by atoms with E-state index in [1.165, 1.54) is 0 Å². The summed E-state index contributed by atoms with van der Waals surface area (Å²) in [6.45, 7) is 9.73. The molecular formula is C13H24N2O3. The summed E-state index contributed by atoms with van der Waals surface area (Å²) in [6.07, 6.45) is 2.29.